The summed E-state index contributed by atoms with van der Waals surface area (Å²) in [6.07, 6.45) is 6.87. The van der Waals surface area contributed by atoms with Crippen LogP contribution in [-0.2, 0) is 4.79 Å². The molecule has 0 bridgehead atoms. The van der Waals surface area contributed by atoms with Crippen molar-refractivity contribution < 1.29 is 9.90 Å². The van der Waals surface area contributed by atoms with Crippen molar-refractivity contribution in [3.63, 3.8) is 0 Å². The second-order valence-corrected chi connectivity index (χ2v) is 5.70. The molecule has 1 aromatic carbocycles. The average Bonchev–Trinajstić information content (AvgIpc) is 2.63. The molecule has 1 N–H and O–H groups in total. The van der Waals surface area contributed by atoms with E-state index in [2.05, 4.69) is 29.2 Å². The predicted octanol–water partition coefficient (Wildman–Crippen LogP) is 3.81. The molecule has 0 spiro atoms. The molecule has 1 saturated carbocycles. The molecule has 3 nitrogen and oxygen atoms in total. The number of nitrogens with zero attached hydrogens (tertiary/aromatic N) is 1. The number of hydrogen-bond donors (Lipinski definition) is 1. The van der Waals surface area contributed by atoms with Crippen LogP contribution in [0.2, 0.25) is 0 Å². The highest BCUT2D eigenvalue weighted by Crippen LogP contribution is 2.36. The van der Waals surface area contributed by atoms with E-state index in [1.165, 1.54) is 30.2 Å². The molecule has 0 radical (unpaired) electrons. The molecule has 1 atom stereocenters. The van der Waals surface area contributed by atoms with Crippen molar-refractivity contribution in [2.24, 2.45) is 0 Å². The third-order valence-electron chi connectivity index (χ3n) is 4.03. The highest BCUT2D eigenvalue weighted by molar-refractivity contribution is 5.81. The molecule has 0 aromatic heterocycles. The van der Waals surface area contributed by atoms with Crippen molar-refractivity contribution in [3.8, 4) is 0 Å². The quantitative estimate of drug-likeness (QED) is 0.672. The summed E-state index contributed by atoms with van der Waals surface area (Å²) in [6, 6.07) is 8.50. The van der Waals surface area contributed by atoms with Crippen molar-refractivity contribution in [2.45, 2.75) is 38.0 Å². The van der Waals surface area contributed by atoms with Crippen LogP contribution in [0.3, 0.4) is 0 Å². The molecular formula is C17H23NO2. The maximum absolute atomic E-state index is 11.0. The van der Waals surface area contributed by atoms with Crippen LogP contribution in [0.4, 0.5) is 5.69 Å². The van der Waals surface area contributed by atoms with Gasteiger partial charge in [-0.1, -0.05) is 30.5 Å². The van der Waals surface area contributed by atoms with Gasteiger partial charge in [-0.2, -0.15) is 0 Å². The minimum Gasteiger partial charge on any atom is -0.478 e. The van der Waals surface area contributed by atoms with Gasteiger partial charge in [-0.15, -0.1) is 0 Å². The van der Waals surface area contributed by atoms with Crippen LogP contribution in [0.25, 0.3) is 0 Å². The zero-order valence-corrected chi connectivity index (χ0v) is 12.3. The molecule has 20 heavy (non-hydrogen) atoms. The van der Waals surface area contributed by atoms with Gasteiger partial charge in [0.2, 0.25) is 0 Å². The lowest BCUT2D eigenvalue weighted by atomic mass is 9.87. The zero-order chi connectivity index (χ0) is 14.5. The molecule has 0 heterocycles. The number of allylic oxidation sites excluding steroid dienone is 1. The van der Waals surface area contributed by atoms with Crippen LogP contribution in [0, 0.1) is 0 Å². The second kappa shape index (κ2) is 6.60. The Labute approximate surface area is 120 Å². The summed E-state index contributed by atoms with van der Waals surface area (Å²) in [5.41, 5.74) is 3.49. The van der Waals surface area contributed by atoms with Gasteiger partial charge in [-0.3, -0.25) is 0 Å². The van der Waals surface area contributed by atoms with E-state index in [1.807, 2.05) is 14.1 Å². The standard InChI is InChI=1S/C17H23NO2/c1-18(2)15-10-8-13(9-11-15)16-7-5-3-4-6-14(16)12-17(19)20/h8-12,16H,3-7H2,1-2H3,(H,19,20)/b14-12+. The number of aliphatic carboxylic acids is 1. The SMILES string of the molecule is CN(C)c1ccc(C2CCCCC/C2=C\C(=O)O)cc1. The van der Waals surface area contributed by atoms with Crippen LogP contribution >= 0.6 is 0 Å². The molecule has 1 aromatic rings. The van der Waals surface area contributed by atoms with Crippen molar-refractivity contribution in [3.05, 3.63) is 41.5 Å². The molecule has 2 rings (SSSR count). The van der Waals surface area contributed by atoms with Gasteiger partial charge in [0.05, 0.1) is 0 Å². The first-order chi connectivity index (χ1) is 9.58. The van der Waals surface area contributed by atoms with Crippen LogP contribution in [0.15, 0.2) is 35.9 Å². The Kier molecular flexibility index (Phi) is 4.83. The average molecular weight is 273 g/mol. The van der Waals surface area contributed by atoms with Crippen LogP contribution in [-0.4, -0.2) is 25.2 Å². The lowest BCUT2D eigenvalue weighted by Crippen LogP contribution is -2.09. The number of carboxylic acids is 1. The van der Waals surface area contributed by atoms with Crippen molar-refractivity contribution >= 4 is 11.7 Å². The van der Waals surface area contributed by atoms with Gasteiger partial charge >= 0.3 is 5.97 Å². The first-order valence-corrected chi connectivity index (χ1v) is 7.28. The van der Waals surface area contributed by atoms with Crippen LogP contribution in [0.1, 0.15) is 43.6 Å². The van der Waals surface area contributed by atoms with Gasteiger partial charge in [0.25, 0.3) is 0 Å². The number of benzene rings is 1. The van der Waals surface area contributed by atoms with Gasteiger partial charge in [0.1, 0.15) is 0 Å². The maximum Gasteiger partial charge on any atom is 0.328 e. The van der Waals surface area contributed by atoms with E-state index < -0.39 is 5.97 Å². The van der Waals surface area contributed by atoms with E-state index >= 15 is 0 Å². The topological polar surface area (TPSA) is 40.5 Å². The molecule has 1 aliphatic rings. The predicted molar refractivity (Wildman–Crippen MR) is 82.3 cm³/mol. The molecule has 0 aliphatic heterocycles. The molecule has 0 saturated heterocycles. The smallest absolute Gasteiger partial charge is 0.328 e. The highest BCUT2D eigenvalue weighted by atomic mass is 16.4. The van der Waals surface area contributed by atoms with E-state index in [4.69, 9.17) is 5.11 Å². The highest BCUT2D eigenvalue weighted by Gasteiger charge is 2.20. The second-order valence-electron chi connectivity index (χ2n) is 5.70. The Morgan fingerprint density at radius 3 is 2.50 bits per heavy atom. The number of anilines is 1. The molecule has 0 amide bonds. The maximum atomic E-state index is 11.0. The third kappa shape index (κ3) is 3.62. The lowest BCUT2D eigenvalue weighted by molar-refractivity contribution is -0.131. The van der Waals surface area contributed by atoms with E-state index in [1.54, 1.807) is 0 Å². The fraction of sp³-hybridized carbons (Fsp3) is 0.471. The van der Waals surface area contributed by atoms with Gasteiger partial charge < -0.3 is 10.0 Å². The fourth-order valence-corrected chi connectivity index (χ4v) is 2.93. The molecule has 108 valence electrons. The Morgan fingerprint density at radius 1 is 1.20 bits per heavy atom. The Balaban J connectivity index is 2.28. The Bertz CT molecular complexity index is 488. The molecular weight excluding hydrogens is 250 g/mol. The monoisotopic (exact) mass is 273 g/mol. The summed E-state index contributed by atoms with van der Waals surface area (Å²) in [4.78, 5) is 13.1. The van der Waals surface area contributed by atoms with Gasteiger partial charge in [0, 0.05) is 31.8 Å². The minimum atomic E-state index is -0.822. The number of rotatable bonds is 3. The van der Waals surface area contributed by atoms with Crippen molar-refractivity contribution in [1.29, 1.82) is 0 Å². The van der Waals surface area contributed by atoms with Crippen LogP contribution < -0.4 is 4.90 Å². The number of carboxylic acid groups (broad SMARTS) is 1. The zero-order valence-electron chi connectivity index (χ0n) is 12.3. The third-order valence-corrected chi connectivity index (χ3v) is 4.03. The molecule has 1 aliphatic carbocycles. The van der Waals surface area contributed by atoms with Crippen LogP contribution in [0.5, 0.6) is 0 Å². The summed E-state index contributed by atoms with van der Waals surface area (Å²) in [7, 11) is 4.05. The van der Waals surface area contributed by atoms with E-state index in [0.717, 1.165) is 24.8 Å². The number of carbonyl (C=O) groups is 1. The van der Waals surface area contributed by atoms with E-state index in [-0.39, 0.29) is 5.92 Å². The lowest BCUT2D eigenvalue weighted by Gasteiger charge is -2.20. The largest absolute Gasteiger partial charge is 0.478 e. The summed E-state index contributed by atoms with van der Waals surface area (Å²) in [5, 5.41) is 9.06. The number of hydrogen-bond acceptors (Lipinski definition) is 2. The van der Waals surface area contributed by atoms with Crippen molar-refractivity contribution in [1.82, 2.24) is 0 Å². The molecule has 3 heteroatoms. The normalized spacial score (nSPS) is 21.5. The summed E-state index contributed by atoms with van der Waals surface area (Å²) < 4.78 is 0. The van der Waals surface area contributed by atoms with E-state index in [0.29, 0.717) is 0 Å². The first-order valence-electron chi connectivity index (χ1n) is 7.28. The Morgan fingerprint density at radius 2 is 1.90 bits per heavy atom. The molecule has 1 fully saturated rings. The van der Waals surface area contributed by atoms with Gasteiger partial charge in [-0.25, -0.2) is 4.79 Å². The van der Waals surface area contributed by atoms with E-state index in [9.17, 15) is 4.79 Å². The minimum absolute atomic E-state index is 0.268. The van der Waals surface area contributed by atoms with Gasteiger partial charge in [0.15, 0.2) is 0 Å². The molecule has 1 unspecified atom stereocenters. The van der Waals surface area contributed by atoms with Gasteiger partial charge in [-0.05, 0) is 37.0 Å². The summed E-state index contributed by atoms with van der Waals surface area (Å²) in [5.74, 6) is -0.554. The first kappa shape index (κ1) is 14.6. The Hall–Kier alpha value is -1.77. The van der Waals surface area contributed by atoms with Crippen molar-refractivity contribution in [2.75, 3.05) is 19.0 Å². The summed E-state index contributed by atoms with van der Waals surface area (Å²) in [6.45, 7) is 0. The summed E-state index contributed by atoms with van der Waals surface area (Å²) >= 11 is 0. The fourth-order valence-electron chi connectivity index (χ4n) is 2.93.